The molecule has 1 saturated carbocycles. The summed E-state index contributed by atoms with van der Waals surface area (Å²) in [4.78, 5) is 21.4. The molecule has 1 aromatic rings. The second kappa shape index (κ2) is 5.64. The van der Waals surface area contributed by atoms with E-state index in [-0.39, 0.29) is 17.9 Å². The number of carbonyl (C=O) groups excluding carboxylic acids is 1. The van der Waals surface area contributed by atoms with Crippen LogP contribution < -0.4 is 0 Å². The van der Waals surface area contributed by atoms with Crippen molar-refractivity contribution in [3.05, 3.63) is 34.3 Å². The lowest BCUT2D eigenvalue weighted by molar-refractivity contribution is -0.401. The number of ether oxygens (including phenoxy) is 1. The topological polar surface area (TPSA) is 87.3 Å². The highest BCUT2D eigenvalue weighted by atomic mass is 16.6. The van der Waals surface area contributed by atoms with Gasteiger partial charge in [-0.2, -0.15) is 5.10 Å². The third-order valence-corrected chi connectivity index (χ3v) is 3.32. The fourth-order valence-electron chi connectivity index (χ4n) is 2.45. The van der Waals surface area contributed by atoms with Gasteiger partial charge < -0.3 is 4.74 Å². The van der Waals surface area contributed by atoms with Gasteiger partial charge in [-0.15, -0.1) is 0 Å². The summed E-state index contributed by atoms with van der Waals surface area (Å²) >= 11 is 0. The van der Waals surface area contributed by atoms with Crippen molar-refractivity contribution in [2.75, 3.05) is 7.11 Å². The van der Waals surface area contributed by atoms with Crippen LogP contribution in [0.5, 0.6) is 0 Å². The Morgan fingerprint density at radius 1 is 1.63 bits per heavy atom. The average Bonchev–Trinajstić information content (AvgIpc) is 3.03. The minimum atomic E-state index is -0.536. The molecule has 7 heteroatoms. The smallest absolute Gasteiger partial charge is 0.310 e. The minimum Gasteiger partial charge on any atom is -0.469 e. The maximum atomic E-state index is 11.7. The van der Waals surface area contributed by atoms with E-state index in [4.69, 9.17) is 4.74 Å². The van der Waals surface area contributed by atoms with Crippen LogP contribution in [0.4, 0.5) is 0 Å². The zero-order valence-corrected chi connectivity index (χ0v) is 10.6. The molecule has 0 saturated heterocycles. The van der Waals surface area contributed by atoms with Crippen molar-refractivity contribution in [3.63, 3.8) is 0 Å². The summed E-state index contributed by atoms with van der Waals surface area (Å²) in [5.74, 6) is -0.405. The maximum absolute atomic E-state index is 11.7. The largest absolute Gasteiger partial charge is 0.469 e. The fraction of sp³-hybridized carbons (Fsp3) is 0.500. The van der Waals surface area contributed by atoms with Crippen LogP contribution in [0.1, 0.15) is 31.0 Å². The molecule has 0 amide bonds. The molecule has 2 unspecified atom stereocenters. The maximum Gasteiger partial charge on any atom is 0.310 e. The summed E-state index contributed by atoms with van der Waals surface area (Å²) in [7, 11) is 1.38. The Morgan fingerprint density at radius 2 is 2.42 bits per heavy atom. The summed E-state index contributed by atoms with van der Waals surface area (Å²) in [6.07, 6.45) is 6.52. The van der Waals surface area contributed by atoms with Crippen molar-refractivity contribution in [1.82, 2.24) is 9.78 Å². The molecule has 0 radical (unpaired) electrons. The number of hydrogen-bond donors (Lipinski definition) is 0. The molecule has 1 heterocycles. The van der Waals surface area contributed by atoms with Gasteiger partial charge >= 0.3 is 5.97 Å². The number of esters is 1. The van der Waals surface area contributed by atoms with E-state index in [2.05, 4.69) is 5.10 Å². The summed E-state index contributed by atoms with van der Waals surface area (Å²) in [6, 6.07) is 1.66. The molecule has 0 spiro atoms. The summed E-state index contributed by atoms with van der Waals surface area (Å²) < 4.78 is 6.49. The van der Waals surface area contributed by atoms with Gasteiger partial charge in [0.25, 0.3) is 0 Å². The third-order valence-electron chi connectivity index (χ3n) is 3.32. The van der Waals surface area contributed by atoms with Crippen molar-refractivity contribution < 1.29 is 14.5 Å². The second-order valence-corrected chi connectivity index (χ2v) is 4.45. The van der Waals surface area contributed by atoms with Crippen LogP contribution in [0.25, 0.3) is 6.08 Å². The summed E-state index contributed by atoms with van der Waals surface area (Å²) in [6.45, 7) is 0. The lowest BCUT2D eigenvalue weighted by Gasteiger charge is -2.17. The van der Waals surface area contributed by atoms with Crippen molar-refractivity contribution in [2.24, 2.45) is 5.92 Å². The van der Waals surface area contributed by atoms with Gasteiger partial charge in [0, 0.05) is 12.3 Å². The lowest BCUT2D eigenvalue weighted by atomic mass is 10.0. The van der Waals surface area contributed by atoms with Crippen LogP contribution in [0.15, 0.2) is 18.5 Å². The predicted molar refractivity (Wildman–Crippen MR) is 66.6 cm³/mol. The molecule has 1 fully saturated rings. The van der Waals surface area contributed by atoms with E-state index >= 15 is 0 Å². The van der Waals surface area contributed by atoms with E-state index in [1.54, 1.807) is 16.9 Å². The van der Waals surface area contributed by atoms with Crippen LogP contribution in [0.2, 0.25) is 0 Å². The molecule has 1 aromatic heterocycles. The fourth-order valence-corrected chi connectivity index (χ4v) is 2.45. The van der Waals surface area contributed by atoms with Gasteiger partial charge in [-0.3, -0.25) is 19.6 Å². The molecule has 1 aliphatic carbocycles. The normalized spacial score (nSPS) is 22.8. The number of nitrogens with zero attached hydrogens (tertiary/aromatic N) is 3. The van der Waals surface area contributed by atoms with Crippen LogP contribution in [0, 0.1) is 16.0 Å². The van der Waals surface area contributed by atoms with Crippen molar-refractivity contribution >= 4 is 12.0 Å². The van der Waals surface area contributed by atoms with Gasteiger partial charge in [-0.05, 0) is 18.9 Å². The summed E-state index contributed by atoms with van der Waals surface area (Å²) in [5.41, 5.74) is 0.507. The standard InChI is InChI=1S/C12H15N3O4/c1-19-12(16)10-3-2-4-11(10)14-7-5-9(13-14)6-8-15(17)18/h5-8,10-11H,2-4H2,1H3. The molecule has 0 bridgehead atoms. The first-order chi connectivity index (χ1) is 9.11. The van der Waals surface area contributed by atoms with Crippen LogP contribution in [-0.2, 0) is 9.53 Å². The highest BCUT2D eigenvalue weighted by Crippen LogP contribution is 2.36. The molecule has 0 aliphatic heterocycles. The molecular weight excluding hydrogens is 250 g/mol. The SMILES string of the molecule is COC(=O)C1CCCC1n1ccc(C=C[N+](=O)[O-])n1. The van der Waals surface area contributed by atoms with Gasteiger partial charge in [0.1, 0.15) is 0 Å². The van der Waals surface area contributed by atoms with Crippen LogP contribution in [-0.4, -0.2) is 27.8 Å². The Hall–Kier alpha value is -2.18. The van der Waals surface area contributed by atoms with Crippen LogP contribution >= 0.6 is 0 Å². The zero-order chi connectivity index (χ0) is 13.8. The first-order valence-corrected chi connectivity index (χ1v) is 6.06. The van der Waals surface area contributed by atoms with Gasteiger partial charge in [0.15, 0.2) is 0 Å². The van der Waals surface area contributed by atoms with E-state index < -0.39 is 4.92 Å². The predicted octanol–water partition coefficient (Wildman–Crippen LogP) is 1.64. The molecule has 2 atom stereocenters. The lowest BCUT2D eigenvalue weighted by Crippen LogP contribution is -2.23. The van der Waals surface area contributed by atoms with Crippen molar-refractivity contribution in [1.29, 1.82) is 0 Å². The van der Waals surface area contributed by atoms with Crippen molar-refractivity contribution in [3.8, 4) is 0 Å². The number of aromatic nitrogens is 2. The minimum absolute atomic E-state index is 0.0230. The Kier molecular flexibility index (Phi) is 3.94. The van der Waals surface area contributed by atoms with E-state index in [9.17, 15) is 14.9 Å². The highest BCUT2D eigenvalue weighted by Gasteiger charge is 2.35. The first kappa shape index (κ1) is 13.3. The quantitative estimate of drug-likeness (QED) is 0.469. The molecule has 0 N–H and O–H groups in total. The Bertz CT molecular complexity index is 509. The van der Waals surface area contributed by atoms with Crippen LogP contribution in [0.3, 0.4) is 0 Å². The zero-order valence-electron chi connectivity index (χ0n) is 10.6. The first-order valence-electron chi connectivity index (χ1n) is 6.06. The molecular formula is C12H15N3O4. The molecule has 7 nitrogen and oxygen atoms in total. The molecule has 2 rings (SSSR count). The Balaban J connectivity index is 2.13. The number of hydrogen-bond acceptors (Lipinski definition) is 5. The number of rotatable bonds is 4. The highest BCUT2D eigenvalue weighted by molar-refractivity contribution is 5.73. The Morgan fingerprint density at radius 3 is 3.11 bits per heavy atom. The summed E-state index contributed by atoms with van der Waals surface area (Å²) in [5, 5.41) is 14.5. The van der Waals surface area contributed by atoms with Crippen molar-refractivity contribution in [2.45, 2.75) is 25.3 Å². The van der Waals surface area contributed by atoms with Gasteiger partial charge in [-0.25, -0.2) is 0 Å². The third kappa shape index (κ3) is 2.98. The van der Waals surface area contributed by atoms with E-state index in [1.165, 1.54) is 13.2 Å². The van der Waals surface area contributed by atoms with E-state index in [1.807, 2.05) is 0 Å². The monoisotopic (exact) mass is 265 g/mol. The van der Waals surface area contributed by atoms with Gasteiger partial charge in [-0.1, -0.05) is 6.42 Å². The number of methoxy groups -OCH3 is 1. The molecule has 0 aromatic carbocycles. The molecule has 102 valence electrons. The average molecular weight is 265 g/mol. The van der Waals surface area contributed by atoms with Gasteiger partial charge in [0.05, 0.1) is 29.7 Å². The molecule has 19 heavy (non-hydrogen) atoms. The van der Waals surface area contributed by atoms with E-state index in [0.29, 0.717) is 5.69 Å². The Labute approximate surface area is 110 Å². The van der Waals surface area contributed by atoms with E-state index in [0.717, 1.165) is 25.5 Å². The second-order valence-electron chi connectivity index (χ2n) is 4.45. The number of carbonyl (C=O) groups is 1. The number of nitro groups is 1. The van der Waals surface area contributed by atoms with Gasteiger partial charge in [0.2, 0.25) is 6.20 Å². The molecule has 1 aliphatic rings.